The van der Waals surface area contributed by atoms with Gasteiger partial charge in [0.25, 0.3) is 0 Å². The fraction of sp³-hybridized carbons (Fsp3) is 0.0270. The number of aromatic nitrogens is 1. The standard InChI is InChI=1S/C37H26N2O/c38-23-24-17-19-27(25-9-2-1-3-10-25)34(21-24)39-33-15-6-4-11-29(33)30-20-18-26(22-35(30)39)28-13-8-14-32-31-12-5-7-16-36(31)40-37(28)32/h1-22H,23,38H2. The molecule has 0 bridgehead atoms. The van der Waals surface area contributed by atoms with Crippen LogP contribution in [0.15, 0.2) is 138 Å². The molecule has 40 heavy (non-hydrogen) atoms. The third kappa shape index (κ3) is 3.42. The van der Waals surface area contributed by atoms with Gasteiger partial charge in [-0.2, -0.15) is 0 Å². The maximum atomic E-state index is 6.41. The van der Waals surface area contributed by atoms with Crippen molar-refractivity contribution < 1.29 is 4.42 Å². The molecule has 0 amide bonds. The molecule has 0 unspecified atom stereocenters. The number of furan rings is 1. The highest BCUT2D eigenvalue weighted by Crippen LogP contribution is 2.40. The maximum absolute atomic E-state index is 6.41. The molecule has 3 nitrogen and oxygen atoms in total. The quantitative estimate of drug-likeness (QED) is 0.254. The first-order valence-corrected chi connectivity index (χ1v) is 13.6. The van der Waals surface area contributed by atoms with Gasteiger partial charge in [0.05, 0.1) is 16.7 Å². The van der Waals surface area contributed by atoms with Crippen LogP contribution in [-0.4, -0.2) is 4.57 Å². The first-order valence-electron chi connectivity index (χ1n) is 13.6. The Balaban J connectivity index is 1.45. The molecule has 8 aromatic rings. The maximum Gasteiger partial charge on any atom is 0.143 e. The van der Waals surface area contributed by atoms with Gasteiger partial charge in [-0.3, -0.25) is 0 Å². The minimum Gasteiger partial charge on any atom is -0.455 e. The van der Waals surface area contributed by atoms with Crippen LogP contribution in [0.5, 0.6) is 0 Å². The minimum absolute atomic E-state index is 0.485. The van der Waals surface area contributed by atoms with Gasteiger partial charge in [0.1, 0.15) is 11.2 Å². The number of para-hydroxylation sites is 3. The molecule has 0 aliphatic rings. The van der Waals surface area contributed by atoms with E-state index in [1.54, 1.807) is 0 Å². The molecule has 0 fully saturated rings. The van der Waals surface area contributed by atoms with Crippen LogP contribution < -0.4 is 5.73 Å². The SMILES string of the molecule is NCc1ccc(-c2ccccc2)c(-n2c3ccccc3c3ccc(-c4cccc5c4oc4ccccc45)cc32)c1. The summed E-state index contributed by atoms with van der Waals surface area (Å²) in [4.78, 5) is 0. The van der Waals surface area contributed by atoms with Crippen LogP contribution in [0.1, 0.15) is 5.56 Å². The van der Waals surface area contributed by atoms with Crippen LogP contribution in [0.3, 0.4) is 0 Å². The van der Waals surface area contributed by atoms with Gasteiger partial charge in [-0.25, -0.2) is 0 Å². The molecular weight excluding hydrogens is 488 g/mol. The van der Waals surface area contributed by atoms with E-state index in [-0.39, 0.29) is 0 Å². The van der Waals surface area contributed by atoms with Gasteiger partial charge in [0, 0.05) is 39.2 Å². The second-order valence-corrected chi connectivity index (χ2v) is 10.3. The van der Waals surface area contributed by atoms with Crippen LogP contribution in [-0.2, 0) is 6.54 Å². The Morgan fingerprint density at radius 3 is 2.15 bits per heavy atom. The summed E-state index contributed by atoms with van der Waals surface area (Å²) in [6, 6.07) is 47.2. The van der Waals surface area contributed by atoms with Crippen molar-refractivity contribution in [1.29, 1.82) is 0 Å². The van der Waals surface area contributed by atoms with Crippen LogP contribution in [0.4, 0.5) is 0 Å². The normalized spacial score (nSPS) is 11.7. The lowest BCUT2D eigenvalue weighted by molar-refractivity contribution is 0.670. The minimum atomic E-state index is 0.485. The summed E-state index contributed by atoms with van der Waals surface area (Å²) < 4.78 is 8.81. The van der Waals surface area contributed by atoms with Gasteiger partial charge in [-0.05, 0) is 41.0 Å². The van der Waals surface area contributed by atoms with Crippen molar-refractivity contribution in [3.63, 3.8) is 0 Å². The monoisotopic (exact) mass is 514 g/mol. The van der Waals surface area contributed by atoms with Crippen molar-refractivity contribution in [1.82, 2.24) is 4.57 Å². The zero-order chi connectivity index (χ0) is 26.6. The van der Waals surface area contributed by atoms with E-state index < -0.39 is 0 Å². The van der Waals surface area contributed by atoms with Crippen LogP contribution >= 0.6 is 0 Å². The lowest BCUT2D eigenvalue weighted by Crippen LogP contribution is -2.02. The predicted molar refractivity (Wildman–Crippen MR) is 167 cm³/mol. The number of hydrogen-bond donors (Lipinski definition) is 1. The van der Waals surface area contributed by atoms with Crippen molar-refractivity contribution in [3.8, 4) is 27.9 Å². The molecular formula is C37H26N2O. The van der Waals surface area contributed by atoms with Crippen molar-refractivity contribution in [2.24, 2.45) is 5.73 Å². The molecule has 6 aromatic carbocycles. The van der Waals surface area contributed by atoms with E-state index in [2.05, 4.69) is 126 Å². The molecule has 0 aliphatic carbocycles. The second-order valence-electron chi connectivity index (χ2n) is 10.3. The van der Waals surface area contributed by atoms with Gasteiger partial charge in [-0.15, -0.1) is 0 Å². The number of benzene rings is 6. The summed E-state index contributed by atoms with van der Waals surface area (Å²) in [7, 11) is 0. The number of hydrogen-bond acceptors (Lipinski definition) is 2. The molecule has 0 atom stereocenters. The van der Waals surface area contributed by atoms with E-state index in [0.29, 0.717) is 6.54 Å². The van der Waals surface area contributed by atoms with Crippen molar-refractivity contribution in [2.75, 3.05) is 0 Å². The third-order valence-electron chi connectivity index (χ3n) is 8.01. The highest BCUT2D eigenvalue weighted by Gasteiger charge is 2.18. The first kappa shape index (κ1) is 22.8. The van der Waals surface area contributed by atoms with Crippen LogP contribution in [0.25, 0.3) is 71.7 Å². The molecule has 8 rings (SSSR count). The van der Waals surface area contributed by atoms with Crippen LogP contribution in [0.2, 0.25) is 0 Å². The Labute approximate surface area is 231 Å². The molecule has 0 aliphatic heterocycles. The average Bonchev–Trinajstić information content (AvgIpc) is 3.56. The van der Waals surface area contributed by atoms with Crippen molar-refractivity contribution in [3.05, 3.63) is 139 Å². The molecule has 2 aromatic heterocycles. The zero-order valence-corrected chi connectivity index (χ0v) is 21.8. The molecule has 0 spiro atoms. The second kappa shape index (κ2) is 8.98. The highest BCUT2D eigenvalue weighted by atomic mass is 16.3. The lowest BCUT2D eigenvalue weighted by atomic mass is 10.00. The largest absolute Gasteiger partial charge is 0.455 e. The Bertz CT molecular complexity index is 2200. The smallest absolute Gasteiger partial charge is 0.143 e. The van der Waals surface area contributed by atoms with Gasteiger partial charge < -0.3 is 14.7 Å². The van der Waals surface area contributed by atoms with E-state index in [4.69, 9.17) is 10.2 Å². The molecule has 3 heteroatoms. The summed E-state index contributed by atoms with van der Waals surface area (Å²) in [6.45, 7) is 0.485. The Morgan fingerprint density at radius 1 is 0.525 bits per heavy atom. The van der Waals surface area contributed by atoms with E-state index in [1.807, 2.05) is 12.1 Å². The van der Waals surface area contributed by atoms with E-state index in [1.165, 1.54) is 27.4 Å². The summed E-state index contributed by atoms with van der Waals surface area (Å²) in [5.74, 6) is 0. The number of rotatable bonds is 4. The van der Waals surface area contributed by atoms with Gasteiger partial charge >= 0.3 is 0 Å². The summed E-state index contributed by atoms with van der Waals surface area (Å²) >= 11 is 0. The third-order valence-corrected chi connectivity index (χ3v) is 8.01. The average molecular weight is 515 g/mol. The van der Waals surface area contributed by atoms with Crippen molar-refractivity contribution in [2.45, 2.75) is 6.54 Å². The summed E-state index contributed by atoms with van der Waals surface area (Å²) in [5, 5.41) is 4.72. The van der Waals surface area contributed by atoms with E-state index in [9.17, 15) is 0 Å². The Hall–Kier alpha value is -5.12. The number of fused-ring (bicyclic) bond motifs is 6. The Kier molecular flexibility index (Phi) is 5.12. The van der Waals surface area contributed by atoms with Crippen molar-refractivity contribution >= 4 is 43.7 Å². The number of nitrogens with zero attached hydrogens (tertiary/aromatic N) is 1. The van der Waals surface area contributed by atoms with Crippen LogP contribution in [0, 0.1) is 0 Å². The number of nitrogens with two attached hydrogens (primary N) is 1. The fourth-order valence-electron chi connectivity index (χ4n) is 6.12. The van der Waals surface area contributed by atoms with Gasteiger partial charge in [0.2, 0.25) is 0 Å². The molecule has 2 heterocycles. The highest BCUT2D eigenvalue weighted by molar-refractivity contribution is 6.13. The molecule has 0 saturated heterocycles. The van der Waals surface area contributed by atoms with Gasteiger partial charge in [0.15, 0.2) is 0 Å². The zero-order valence-electron chi connectivity index (χ0n) is 21.8. The first-order chi connectivity index (χ1) is 19.8. The van der Waals surface area contributed by atoms with E-state index >= 15 is 0 Å². The summed E-state index contributed by atoms with van der Waals surface area (Å²) in [5.41, 5.74) is 17.1. The topological polar surface area (TPSA) is 44.1 Å². The summed E-state index contributed by atoms with van der Waals surface area (Å²) in [6.07, 6.45) is 0. The predicted octanol–water partition coefficient (Wildman–Crippen LogP) is 9.48. The molecule has 0 saturated carbocycles. The Morgan fingerprint density at radius 2 is 1.27 bits per heavy atom. The van der Waals surface area contributed by atoms with E-state index in [0.717, 1.165) is 49.8 Å². The fourth-order valence-corrected chi connectivity index (χ4v) is 6.12. The lowest BCUT2D eigenvalue weighted by Gasteiger charge is -2.16. The van der Waals surface area contributed by atoms with Gasteiger partial charge in [-0.1, -0.05) is 109 Å². The molecule has 2 N–H and O–H groups in total. The molecule has 190 valence electrons. The molecule has 0 radical (unpaired) electrons.